The maximum Gasteiger partial charge on any atom is 0.0879 e. The summed E-state index contributed by atoms with van der Waals surface area (Å²) in [5.41, 5.74) is 4.24. The lowest BCUT2D eigenvalue weighted by molar-refractivity contribution is 0.714. The summed E-state index contributed by atoms with van der Waals surface area (Å²) in [5, 5.41) is 8.58. The van der Waals surface area contributed by atoms with Crippen molar-refractivity contribution < 1.29 is 0 Å². The molecule has 0 saturated heterocycles. The molecule has 1 heterocycles. The van der Waals surface area contributed by atoms with Crippen LogP contribution in [0.15, 0.2) is 24.3 Å². The third-order valence-corrected chi connectivity index (χ3v) is 3.16. The van der Waals surface area contributed by atoms with Gasteiger partial charge in [0.05, 0.1) is 16.4 Å². The highest BCUT2D eigenvalue weighted by molar-refractivity contribution is 6.32. The molecule has 0 amide bonds. The molecule has 0 aliphatic carbocycles. The predicted octanol–water partition coefficient (Wildman–Crippen LogP) is 3.25. The topological polar surface area (TPSA) is 29.9 Å². The molecule has 1 aromatic carbocycles. The molecule has 2 rings (SSSR count). The molecule has 1 N–H and O–H groups in total. The number of aryl methyl sites for hydroxylation is 2. The summed E-state index contributed by atoms with van der Waals surface area (Å²) in [6, 6.07) is 8.02. The van der Waals surface area contributed by atoms with Crippen LogP contribution in [0.5, 0.6) is 0 Å². The predicted molar refractivity (Wildman–Crippen MR) is 75.4 cm³/mol. The van der Waals surface area contributed by atoms with Gasteiger partial charge in [0.25, 0.3) is 0 Å². The average Bonchev–Trinajstić information content (AvgIpc) is 2.65. The van der Waals surface area contributed by atoms with E-state index in [0.29, 0.717) is 0 Å². The molecular formula is C14H18ClN3. The molecule has 4 heteroatoms. The van der Waals surface area contributed by atoms with Crippen LogP contribution in [0.2, 0.25) is 5.02 Å². The lowest BCUT2D eigenvalue weighted by Crippen LogP contribution is -2.15. The second-order valence-corrected chi connectivity index (χ2v) is 4.77. The van der Waals surface area contributed by atoms with E-state index in [-0.39, 0.29) is 0 Å². The maximum absolute atomic E-state index is 6.34. The van der Waals surface area contributed by atoms with E-state index < -0.39 is 0 Å². The quantitative estimate of drug-likeness (QED) is 0.918. The van der Waals surface area contributed by atoms with E-state index in [4.69, 9.17) is 11.6 Å². The molecular weight excluding hydrogens is 246 g/mol. The summed E-state index contributed by atoms with van der Waals surface area (Å²) in [4.78, 5) is 0. The molecule has 0 spiro atoms. The number of nitrogens with zero attached hydrogens (tertiary/aromatic N) is 2. The Morgan fingerprint density at radius 3 is 2.72 bits per heavy atom. The summed E-state index contributed by atoms with van der Waals surface area (Å²) in [6.45, 7) is 7.85. The molecule has 0 unspecified atom stereocenters. The molecule has 3 nitrogen and oxygen atoms in total. The number of hydrogen-bond donors (Lipinski definition) is 1. The Morgan fingerprint density at radius 1 is 1.33 bits per heavy atom. The minimum absolute atomic E-state index is 0.733. The number of halogens is 1. The molecule has 0 aliphatic heterocycles. The lowest BCUT2D eigenvalue weighted by Gasteiger charge is -2.13. The first-order chi connectivity index (χ1) is 8.63. The number of benzene rings is 1. The number of para-hydroxylation sites is 1. The highest BCUT2D eigenvalue weighted by Gasteiger charge is 2.12. The Morgan fingerprint density at radius 2 is 2.11 bits per heavy atom. The fraction of sp³-hybridized carbons (Fsp3) is 0.357. The van der Waals surface area contributed by atoms with E-state index in [1.165, 1.54) is 0 Å². The van der Waals surface area contributed by atoms with Crippen LogP contribution < -0.4 is 5.32 Å². The SMILES string of the molecule is CCNCc1cccc(Cl)c1-n1nc(C)cc1C. The van der Waals surface area contributed by atoms with Crippen LogP contribution in [0.25, 0.3) is 5.69 Å². The number of nitrogens with one attached hydrogen (secondary N) is 1. The summed E-state index contributed by atoms with van der Waals surface area (Å²) in [6.07, 6.45) is 0. The van der Waals surface area contributed by atoms with Crippen molar-refractivity contribution in [2.75, 3.05) is 6.54 Å². The van der Waals surface area contributed by atoms with Crippen molar-refractivity contribution in [3.63, 3.8) is 0 Å². The average molecular weight is 264 g/mol. The monoisotopic (exact) mass is 263 g/mol. The maximum atomic E-state index is 6.34. The van der Waals surface area contributed by atoms with Crippen molar-refractivity contribution in [3.05, 3.63) is 46.2 Å². The van der Waals surface area contributed by atoms with Crippen molar-refractivity contribution >= 4 is 11.6 Å². The van der Waals surface area contributed by atoms with Gasteiger partial charge in [0, 0.05) is 12.2 Å². The van der Waals surface area contributed by atoms with Crippen molar-refractivity contribution in [1.29, 1.82) is 0 Å². The van der Waals surface area contributed by atoms with Crippen molar-refractivity contribution in [2.24, 2.45) is 0 Å². The van der Waals surface area contributed by atoms with Gasteiger partial charge in [-0.05, 0) is 38.1 Å². The summed E-state index contributed by atoms with van der Waals surface area (Å²) in [5.74, 6) is 0. The van der Waals surface area contributed by atoms with Gasteiger partial charge in [-0.2, -0.15) is 5.10 Å². The second kappa shape index (κ2) is 5.55. The highest BCUT2D eigenvalue weighted by Crippen LogP contribution is 2.25. The Bertz CT molecular complexity index is 546. The zero-order valence-corrected chi connectivity index (χ0v) is 11.8. The van der Waals surface area contributed by atoms with Crippen LogP contribution >= 0.6 is 11.6 Å². The van der Waals surface area contributed by atoms with Crippen LogP contribution in [0.3, 0.4) is 0 Å². The highest BCUT2D eigenvalue weighted by atomic mass is 35.5. The molecule has 0 radical (unpaired) electrons. The molecule has 18 heavy (non-hydrogen) atoms. The first kappa shape index (κ1) is 13.1. The van der Waals surface area contributed by atoms with E-state index in [1.807, 2.05) is 30.7 Å². The van der Waals surface area contributed by atoms with Gasteiger partial charge in [0.15, 0.2) is 0 Å². The van der Waals surface area contributed by atoms with Gasteiger partial charge >= 0.3 is 0 Å². The van der Waals surface area contributed by atoms with Crippen LogP contribution in [-0.4, -0.2) is 16.3 Å². The van der Waals surface area contributed by atoms with Gasteiger partial charge in [-0.1, -0.05) is 30.7 Å². The third kappa shape index (κ3) is 2.57. The Kier molecular flexibility index (Phi) is 4.04. The number of aromatic nitrogens is 2. The Labute approximate surface area is 113 Å². The van der Waals surface area contributed by atoms with Gasteiger partial charge in [-0.3, -0.25) is 0 Å². The standard InChI is InChI=1S/C14H18ClN3/c1-4-16-9-12-6-5-7-13(15)14(12)18-11(3)8-10(2)17-18/h5-8,16H,4,9H2,1-3H3. The second-order valence-electron chi connectivity index (χ2n) is 4.37. The first-order valence-corrected chi connectivity index (χ1v) is 6.53. The van der Waals surface area contributed by atoms with Gasteiger partial charge in [-0.25, -0.2) is 4.68 Å². The minimum Gasteiger partial charge on any atom is -0.313 e. The first-order valence-electron chi connectivity index (χ1n) is 6.15. The van der Waals surface area contributed by atoms with Gasteiger partial charge in [0.2, 0.25) is 0 Å². The van der Waals surface area contributed by atoms with Crippen LogP contribution in [0.4, 0.5) is 0 Å². The number of rotatable bonds is 4. The largest absolute Gasteiger partial charge is 0.313 e. The molecule has 0 atom stereocenters. The zero-order valence-electron chi connectivity index (χ0n) is 11.0. The van der Waals surface area contributed by atoms with Crippen molar-refractivity contribution in [2.45, 2.75) is 27.3 Å². The van der Waals surface area contributed by atoms with Crippen LogP contribution in [0, 0.1) is 13.8 Å². The van der Waals surface area contributed by atoms with Crippen molar-refractivity contribution in [3.8, 4) is 5.69 Å². The summed E-state index contributed by atoms with van der Waals surface area (Å²) >= 11 is 6.34. The van der Waals surface area contributed by atoms with Gasteiger partial charge < -0.3 is 5.32 Å². The molecule has 96 valence electrons. The van der Waals surface area contributed by atoms with Crippen LogP contribution in [-0.2, 0) is 6.54 Å². The third-order valence-electron chi connectivity index (χ3n) is 2.86. The van der Waals surface area contributed by atoms with Gasteiger partial charge in [-0.15, -0.1) is 0 Å². The normalized spacial score (nSPS) is 10.9. The molecule has 1 aromatic heterocycles. The van der Waals surface area contributed by atoms with Crippen LogP contribution in [0.1, 0.15) is 23.9 Å². The van der Waals surface area contributed by atoms with E-state index in [0.717, 1.165) is 40.8 Å². The lowest BCUT2D eigenvalue weighted by atomic mass is 10.1. The molecule has 0 bridgehead atoms. The fourth-order valence-electron chi connectivity index (χ4n) is 2.05. The van der Waals surface area contributed by atoms with E-state index in [1.54, 1.807) is 0 Å². The minimum atomic E-state index is 0.733. The number of hydrogen-bond acceptors (Lipinski definition) is 2. The fourth-order valence-corrected chi connectivity index (χ4v) is 2.33. The van der Waals surface area contributed by atoms with E-state index in [2.05, 4.69) is 29.5 Å². The van der Waals surface area contributed by atoms with Gasteiger partial charge in [0.1, 0.15) is 0 Å². The summed E-state index contributed by atoms with van der Waals surface area (Å²) in [7, 11) is 0. The zero-order chi connectivity index (χ0) is 13.1. The molecule has 0 fully saturated rings. The Balaban J connectivity index is 2.51. The molecule has 0 saturated carbocycles. The van der Waals surface area contributed by atoms with Crippen molar-refractivity contribution in [1.82, 2.24) is 15.1 Å². The van der Waals surface area contributed by atoms with E-state index >= 15 is 0 Å². The Hall–Kier alpha value is -1.32. The summed E-state index contributed by atoms with van der Waals surface area (Å²) < 4.78 is 1.92. The molecule has 2 aromatic rings. The molecule has 0 aliphatic rings. The smallest absolute Gasteiger partial charge is 0.0879 e. The van der Waals surface area contributed by atoms with E-state index in [9.17, 15) is 0 Å².